The van der Waals surface area contributed by atoms with Crippen LogP contribution < -0.4 is 5.32 Å². The number of nitrogens with one attached hydrogen (secondary N) is 1. The Hall–Kier alpha value is -2.25. The molecule has 0 fully saturated rings. The Morgan fingerprint density at radius 2 is 1.33 bits per heavy atom. The lowest BCUT2D eigenvalue weighted by molar-refractivity contribution is -0.144. The molecule has 0 aliphatic heterocycles. The first-order chi connectivity index (χ1) is 15.7. The molecule has 186 valence electrons. The number of phosphoric ester groups is 1. The van der Waals surface area contributed by atoms with Crippen LogP contribution in [0.2, 0.25) is 0 Å². The van der Waals surface area contributed by atoms with Crippen molar-refractivity contribution in [2.75, 3.05) is 0 Å². The van der Waals surface area contributed by atoms with Gasteiger partial charge in [0.05, 0.1) is 6.10 Å². The lowest BCUT2D eigenvalue weighted by Crippen LogP contribution is -2.48. The van der Waals surface area contributed by atoms with Gasteiger partial charge in [-0.3, -0.25) is 9.32 Å². The maximum atomic E-state index is 11.9. The van der Waals surface area contributed by atoms with Gasteiger partial charge in [-0.05, 0) is 51.9 Å². The van der Waals surface area contributed by atoms with Gasteiger partial charge in [-0.2, -0.15) is 0 Å². The summed E-state index contributed by atoms with van der Waals surface area (Å²) in [7, 11) is -4.85. The maximum Gasteiger partial charge on any atom is 0.469 e. The van der Waals surface area contributed by atoms with Gasteiger partial charge in [0.25, 0.3) is 0 Å². The molecule has 0 spiro atoms. The van der Waals surface area contributed by atoms with E-state index in [4.69, 9.17) is 14.9 Å². The smallest absolute Gasteiger partial charge is 0.469 e. The fraction of sp³-hybridized carbons (Fsp3) is 0.500. The summed E-state index contributed by atoms with van der Waals surface area (Å²) in [6.45, 7) is 3.30. The van der Waals surface area contributed by atoms with Crippen LogP contribution in [0.25, 0.3) is 0 Å². The monoisotopic (exact) mass is 483 g/mol. The summed E-state index contributed by atoms with van der Waals surface area (Å²) in [5.41, 5.74) is 0. The van der Waals surface area contributed by atoms with Crippen LogP contribution in [-0.2, 0) is 18.7 Å². The molecule has 1 unspecified atom stereocenters. The van der Waals surface area contributed by atoms with Crippen LogP contribution in [-0.4, -0.2) is 38.9 Å². The van der Waals surface area contributed by atoms with E-state index in [0.29, 0.717) is 12.8 Å². The summed E-state index contributed by atoms with van der Waals surface area (Å²) < 4.78 is 15.2. The Kier molecular flexibility index (Phi) is 17.9. The zero-order valence-corrected chi connectivity index (χ0v) is 20.4. The van der Waals surface area contributed by atoms with E-state index in [1.54, 1.807) is 0 Å². The topological polar surface area (TPSA) is 133 Å². The molecule has 0 saturated carbocycles. The van der Waals surface area contributed by atoms with Gasteiger partial charge in [-0.15, -0.1) is 0 Å². The second-order valence-electron chi connectivity index (χ2n) is 7.28. The molecule has 0 aromatic heterocycles. The third-order valence-corrected chi connectivity index (χ3v) is 4.90. The van der Waals surface area contributed by atoms with Gasteiger partial charge >= 0.3 is 13.8 Å². The van der Waals surface area contributed by atoms with Crippen LogP contribution in [0, 0.1) is 0 Å². The summed E-state index contributed by atoms with van der Waals surface area (Å²) in [5.74, 6) is -1.95. The van der Waals surface area contributed by atoms with Crippen LogP contribution in [0.4, 0.5) is 0 Å². The van der Waals surface area contributed by atoms with E-state index >= 15 is 0 Å². The Morgan fingerprint density at radius 3 is 1.76 bits per heavy atom. The van der Waals surface area contributed by atoms with Crippen molar-refractivity contribution in [3.8, 4) is 0 Å². The lowest BCUT2D eigenvalue weighted by atomic mass is 10.1. The molecule has 2 atom stereocenters. The standard InChI is InChI=1S/C24H38NO7P/c1-3-4-5-6-7-8-9-10-11-12-13-14-15-16-17-18-19-20-22(26)25-23(24(27)28)21(2)32-33(29,30)31/h4-5,7-8,10-11,13-14,16-17,21,23H,3,6,9,12,15,18-20H2,1-2H3,(H,25,26)(H,27,28)(H2,29,30,31)/b5-4+,8-7+,11-10+,14-13+,17-16+/t21?,23-/m0/s1. The van der Waals surface area contributed by atoms with Crippen LogP contribution in [0.15, 0.2) is 60.8 Å². The van der Waals surface area contributed by atoms with Gasteiger partial charge < -0.3 is 20.2 Å². The van der Waals surface area contributed by atoms with Crippen molar-refractivity contribution in [2.45, 2.75) is 77.4 Å². The van der Waals surface area contributed by atoms with E-state index in [1.165, 1.54) is 6.92 Å². The second-order valence-corrected chi connectivity index (χ2v) is 8.48. The van der Waals surface area contributed by atoms with Crippen molar-refractivity contribution >= 4 is 19.7 Å². The molecular formula is C24H38NO7P. The molecule has 0 bridgehead atoms. The highest BCUT2D eigenvalue weighted by Gasteiger charge is 2.32. The first kappa shape index (κ1) is 30.8. The number of carbonyl (C=O) groups is 2. The Labute approximate surface area is 197 Å². The van der Waals surface area contributed by atoms with Gasteiger partial charge in [0.2, 0.25) is 5.91 Å². The minimum Gasteiger partial charge on any atom is -0.480 e. The molecule has 33 heavy (non-hydrogen) atoms. The molecule has 0 aliphatic carbocycles. The average molecular weight is 484 g/mol. The van der Waals surface area contributed by atoms with Crippen LogP contribution >= 0.6 is 7.82 Å². The van der Waals surface area contributed by atoms with Crippen LogP contribution in [0.5, 0.6) is 0 Å². The molecule has 0 radical (unpaired) electrons. The number of phosphoric acid groups is 1. The van der Waals surface area contributed by atoms with Crippen molar-refractivity contribution in [3.63, 3.8) is 0 Å². The van der Waals surface area contributed by atoms with Gasteiger partial charge in [0, 0.05) is 6.42 Å². The zero-order valence-electron chi connectivity index (χ0n) is 19.5. The molecule has 0 heterocycles. The lowest BCUT2D eigenvalue weighted by Gasteiger charge is -2.21. The van der Waals surface area contributed by atoms with Crippen molar-refractivity contribution in [1.82, 2.24) is 5.32 Å². The summed E-state index contributed by atoms with van der Waals surface area (Å²) >= 11 is 0. The normalized spacial score (nSPS) is 14.8. The van der Waals surface area contributed by atoms with Crippen molar-refractivity contribution in [2.24, 2.45) is 0 Å². The van der Waals surface area contributed by atoms with E-state index in [-0.39, 0.29) is 6.42 Å². The fourth-order valence-electron chi connectivity index (χ4n) is 2.65. The predicted octanol–water partition coefficient (Wildman–Crippen LogP) is 4.98. The van der Waals surface area contributed by atoms with Crippen LogP contribution in [0.3, 0.4) is 0 Å². The van der Waals surface area contributed by atoms with Crippen LogP contribution in [0.1, 0.15) is 65.2 Å². The molecule has 0 saturated heterocycles. The molecule has 1 amide bonds. The SMILES string of the molecule is CC/C=C/C/C=C/C/C=C/C/C=C/C/C=C/CCCC(=O)N[C@H](C(=O)O)C(C)OP(=O)(O)O. The number of hydrogen-bond donors (Lipinski definition) is 4. The Bertz CT molecular complexity index is 750. The summed E-state index contributed by atoms with van der Waals surface area (Å²) in [6.07, 6.45) is 25.6. The third-order valence-electron chi connectivity index (χ3n) is 4.29. The van der Waals surface area contributed by atoms with Crippen molar-refractivity contribution < 1.29 is 33.6 Å². The van der Waals surface area contributed by atoms with Gasteiger partial charge in [0.1, 0.15) is 0 Å². The average Bonchev–Trinajstić information content (AvgIpc) is 2.72. The number of allylic oxidation sites excluding steroid dienone is 10. The molecule has 0 aromatic carbocycles. The number of carboxylic acids is 1. The van der Waals surface area contributed by atoms with E-state index in [1.807, 2.05) is 12.2 Å². The number of aliphatic carboxylic acids is 1. The molecule has 0 rings (SSSR count). The van der Waals surface area contributed by atoms with Crippen molar-refractivity contribution in [1.29, 1.82) is 0 Å². The number of rotatable bonds is 18. The summed E-state index contributed by atoms with van der Waals surface area (Å²) in [5, 5.41) is 11.4. The number of carboxylic acid groups (broad SMARTS) is 1. The number of hydrogen-bond acceptors (Lipinski definition) is 4. The Balaban J connectivity index is 3.98. The number of carbonyl (C=O) groups excluding carboxylic acids is 1. The second kappa shape index (κ2) is 19.2. The largest absolute Gasteiger partial charge is 0.480 e. The molecule has 0 aliphatic rings. The minimum atomic E-state index is -4.85. The molecule has 4 N–H and O–H groups in total. The van der Waals surface area contributed by atoms with Gasteiger partial charge in [-0.1, -0.05) is 67.7 Å². The van der Waals surface area contributed by atoms with E-state index in [0.717, 1.165) is 32.1 Å². The number of unbranched alkanes of at least 4 members (excludes halogenated alkanes) is 1. The molecule has 9 heteroatoms. The highest BCUT2D eigenvalue weighted by Crippen LogP contribution is 2.38. The summed E-state index contributed by atoms with van der Waals surface area (Å²) in [4.78, 5) is 40.7. The zero-order chi connectivity index (χ0) is 25.0. The highest BCUT2D eigenvalue weighted by molar-refractivity contribution is 7.46. The van der Waals surface area contributed by atoms with E-state index in [2.05, 4.69) is 65.4 Å². The predicted molar refractivity (Wildman–Crippen MR) is 130 cm³/mol. The minimum absolute atomic E-state index is 0.0979. The first-order valence-corrected chi connectivity index (χ1v) is 12.7. The van der Waals surface area contributed by atoms with Crippen molar-refractivity contribution in [3.05, 3.63) is 60.8 Å². The Morgan fingerprint density at radius 1 is 0.879 bits per heavy atom. The first-order valence-electron chi connectivity index (χ1n) is 11.2. The molecular weight excluding hydrogens is 445 g/mol. The van der Waals surface area contributed by atoms with E-state index < -0.39 is 31.8 Å². The molecule has 8 nitrogen and oxygen atoms in total. The maximum absolute atomic E-state index is 11.9. The fourth-order valence-corrected chi connectivity index (χ4v) is 3.21. The highest BCUT2D eigenvalue weighted by atomic mass is 31.2. The van der Waals surface area contributed by atoms with Gasteiger partial charge in [-0.25, -0.2) is 9.36 Å². The number of amides is 1. The summed E-state index contributed by atoms with van der Waals surface area (Å²) in [6, 6.07) is -1.54. The van der Waals surface area contributed by atoms with E-state index in [9.17, 15) is 14.2 Å². The van der Waals surface area contributed by atoms with Gasteiger partial charge in [0.15, 0.2) is 6.04 Å². The third kappa shape index (κ3) is 20.1. The molecule has 0 aromatic rings. The quantitative estimate of drug-likeness (QED) is 0.123.